The van der Waals surface area contributed by atoms with E-state index in [-0.39, 0.29) is 11.6 Å². The molecule has 2 aliphatic rings. The fraction of sp³-hybridized carbons (Fsp3) is 0.357. The van der Waals surface area contributed by atoms with Gasteiger partial charge in [-0.25, -0.2) is 14.4 Å². The van der Waals surface area contributed by atoms with Crippen LogP contribution in [0, 0.1) is 5.82 Å². The number of aromatic amines is 1. The third-order valence-electron chi connectivity index (χ3n) is 7.39. The lowest BCUT2D eigenvalue weighted by molar-refractivity contribution is 0.122. The van der Waals surface area contributed by atoms with Crippen LogP contribution in [0.5, 0.6) is 5.75 Å². The molecule has 2 aliphatic heterocycles. The third-order valence-corrected chi connectivity index (χ3v) is 7.74. The molecule has 0 radical (unpaired) electrons. The zero-order valence-electron chi connectivity index (χ0n) is 20.5. The lowest BCUT2D eigenvalue weighted by atomic mass is 9.90. The van der Waals surface area contributed by atoms with Gasteiger partial charge in [0.15, 0.2) is 11.6 Å². The van der Waals surface area contributed by atoms with Gasteiger partial charge in [0, 0.05) is 36.4 Å². The number of H-pyrrole nitrogens is 1. The van der Waals surface area contributed by atoms with Crippen LogP contribution in [-0.4, -0.2) is 64.4 Å². The molecule has 2 aromatic carbocycles. The molecule has 192 valence electrons. The van der Waals surface area contributed by atoms with Crippen molar-refractivity contribution in [2.24, 2.45) is 0 Å². The Morgan fingerprint density at radius 2 is 1.86 bits per heavy atom. The number of piperidine rings is 1. The fourth-order valence-electron chi connectivity index (χ4n) is 5.39. The Labute approximate surface area is 219 Å². The third kappa shape index (κ3) is 5.01. The number of halogens is 2. The average molecular weight is 522 g/mol. The summed E-state index contributed by atoms with van der Waals surface area (Å²) in [5.74, 6) is 1.72. The van der Waals surface area contributed by atoms with Crippen molar-refractivity contribution in [3.8, 4) is 17.1 Å². The van der Waals surface area contributed by atoms with Crippen LogP contribution in [0.3, 0.4) is 0 Å². The summed E-state index contributed by atoms with van der Waals surface area (Å²) in [4.78, 5) is 18.0. The van der Waals surface area contributed by atoms with Crippen LogP contribution in [0.15, 0.2) is 48.7 Å². The number of nitrogens with zero attached hydrogens (tertiary/aromatic N) is 4. The standard InChI is InChI=1S/C28H29ClFN5O2/c29-24-15-21(30)5-4-20(24)17-34-8-6-18(7-9-34)23-16-31-26-25(23)32-27(19-2-1-3-22(36)14-19)33-28(26)35-10-12-37-13-11-35/h1-5,14-16,18,31,36H,6-13,17H2. The Morgan fingerprint density at radius 1 is 1.05 bits per heavy atom. The molecule has 7 nitrogen and oxygen atoms in total. The molecule has 9 heteroatoms. The van der Waals surface area contributed by atoms with Gasteiger partial charge in [-0.15, -0.1) is 0 Å². The number of fused-ring (bicyclic) bond motifs is 1. The van der Waals surface area contributed by atoms with Gasteiger partial charge in [-0.1, -0.05) is 29.8 Å². The van der Waals surface area contributed by atoms with E-state index in [0.717, 1.165) is 67.0 Å². The number of phenols is 1. The molecule has 4 aromatic rings. The van der Waals surface area contributed by atoms with E-state index in [1.165, 1.54) is 17.7 Å². The second-order valence-corrected chi connectivity index (χ2v) is 10.2. The van der Waals surface area contributed by atoms with E-state index >= 15 is 0 Å². The Morgan fingerprint density at radius 3 is 2.62 bits per heavy atom. The van der Waals surface area contributed by atoms with Crippen LogP contribution in [0.4, 0.5) is 10.2 Å². The van der Waals surface area contributed by atoms with Gasteiger partial charge in [-0.3, -0.25) is 4.90 Å². The summed E-state index contributed by atoms with van der Waals surface area (Å²) in [5.41, 5.74) is 4.82. The van der Waals surface area contributed by atoms with E-state index in [2.05, 4.69) is 21.0 Å². The first-order valence-corrected chi connectivity index (χ1v) is 13.1. The van der Waals surface area contributed by atoms with Crippen molar-refractivity contribution in [1.29, 1.82) is 0 Å². The smallest absolute Gasteiger partial charge is 0.162 e. The minimum Gasteiger partial charge on any atom is -0.508 e. The molecule has 0 aliphatic carbocycles. The second-order valence-electron chi connectivity index (χ2n) is 9.77. The van der Waals surface area contributed by atoms with Crippen molar-refractivity contribution in [3.05, 3.63) is 70.6 Å². The molecule has 2 saturated heterocycles. The summed E-state index contributed by atoms with van der Waals surface area (Å²) >= 11 is 6.27. The molecule has 4 heterocycles. The van der Waals surface area contributed by atoms with Gasteiger partial charge in [0.05, 0.1) is 18.7 Å². The minimum absolute atomic E-state index is 0.192. The summed E-state index contributed by atoms with van der Waals surface area (Å²) in [6, 6.07) is 11.7. The van der Waals surface area contributed by atoms with Crippen LogP contribution in [0.2, 0.25) is 5.02 Å². The first-order chi connectivity index (χ1) is 18.0. The molecule has 0 unspecified atom stereocenters. The van der Waals surface area contributed by atoms with E-state index in [0.29, 0.717) is 36.5 Å². The van der Waals surface area contributed by atoms with Crippen LogP contribution >= 0.6 is 11.6 Å². The predicted octanol–water partition coefficient (Wildman–Crippen LogP) is 5.34. The summed E-state index contributed by atoms with van der Waals surface area (Å²) in [7, 11) is 0. The lowest BCUT2D eigenvalue weighted by Crippen LogP contribution is -2.37. The Balaban J connectivity index is 1.29. The van der Waals surface area contributed by atoms with E-state index < -0.39 is 0 Å². The van der Waals surface area contributed by atoms with Crippen molar-refractivity contribution in [1.82, 2.24) is 19.9 Å². The number of hydrogen-bond donors (Lipinski definition) is 2. The maximum Gasteiger partial charge on any atom is 0.162 e. The number of hydrogen-bond acceptors (Lipinski definition) is 6. The first-order valence-electron chi connectivity index (χ1n) is 12.7. The fourth-order valence-corrected chi connectivity index (χ4v) is 5.62. The molecule has 2 N–H and O–H groups in total. The van der Waals surface area contributed by atoms with Gasteiger partial charge in [0.2, 0.25) is 0 Å². The largest absolute Gasteiger partial charge is 0.508 e. The van der Waals surface area contributed by atoms with E-state index in [9.17, 15) is 9.50 Å². The highest BCUT2D eigenvalue weighted by Crippen LogP contribution is 2.37. The molecule has 2 aromatic heterocycles. The lowest BCUT2D eigenvalue weighted by Gasteiger charge is -2.32. The number of benzene rings is 2. The zero-order chi connectivity index (χ0) is 25.4. The topological polar surface area (TPSA) is 77.5 Å². The van der Waals surface area contributed by atoms with Crippen molar-refractivity contribution >= 4 is 28.5 Å². The molecule has 0 spiro atoms. The van der Waals surface area contributed by atoms with Crippen molar-refractivity contribution in [2.45, 2.75) is 25.3 Å². The van der Waals surface area contributed by atoms with Crippen molar-refractivity contribution in [3.63, 3.8) is 0 Å². The minimum atomic E-state index is -0.310. The second kappa shape index (κ2) is 10.3. The molecule has 0 bridgehead atoms. The average Bonchev–Trinajstić information content (AvgIpc) is 3.35. The van der Waals surface area contributed by atoms with Gasteiger partial charge in [0.1, 0.15) is 17.1 Å². The first kappa shape index (κ1) is 24.2. The number of rotatable bonds is 5. The van der Waals surface area contributed by atoms with Crippen molar-refractivity contribution in [2.75, 3.05) is 44.3 Å². The Kier molecular flexibility index (Phi) is 6.71. The summed E-state index contributed by atoms with van der Waals surface area (Å²) in [6.07, 6.45) is 4.07. The highest BCUT2D eigenvalue weighted by atomic mass is 35.5. The quantitative estimate of drug-likeness (QED) is 0.369. The summed E-state index contributed by atoms with van der Waals surface area (Å²) < 4.78 is 19.0. The van der Waals surface area contributed by atoms with Crippen LogP contribution in [-0.2, 0) is 11.3 Å². The number of morpholine rings is 1. The van der Waals surface area contributed by atoms with Gasteiger partial charge in [0.25, 0.3) is 0 Å². The number of anilines is 1. The van der Waals surface area contributed by atoms with Crippen LogP contribution < -0.4 is 4.90 Å². The molecule has 0 saturated carbocycles. The summed E-state index contributed by atoms with van der Waals surface area (Å²) in [6.45, 7) is 5.42. The van der Waals surface area contributed by atoms with Gasteiger partial charge in [-0.2, -0.15) is 0 Å². The molecular weight excluding hydrogens is 493 g/mol. The van der Waals surface area contributed by atoms with Crippen LogP contribution in [0.25, 0.3) is 22.4 Å². The number of ether oxygens (including phenoxy) is 1. The van der Waals surface area contributed by atoms with Crippen molar-refractivity contribution < 1.29 is 14.2 Å². The highest BCUT2D eigenvalue weighted by molar-refractivity contribution is 6.31. The SMILES string of the molecule is Oc1cccc(-c2nc(N3CCOCC3)c3[nH]cc(C4CCN(Cc5ccc(F)cc5Cl)CC4)c3n2)c1. The Bertz CT molecular complexity index is 1410. The predicted molar refractivity (Wildman–Crippen MR) is 143 cm³/mol. The molecular formula is C28H29ClFN5O2. The van der Waals surface area contributed by atoms with E-state index in [1.807, 2.05) is 12.1 Å². The monoisotopic (exact) mass is 521 g/mol. The van der Waals surface area contributed by atoms with E-state index in [1.54, 1.807) is 18.2 Å². The van der Waals surface area contributed by atoms with E-state index in [4.69, 9.17) is 26.3 Å². The van der Waals surface area contributed by atoms with Crippen LogP contribution in [0.1, 0.15) is 29.9 Å². The van der Waals surface area contributed by atoms with Gasteiger partial charge in [-0.05, 0) is 67.2 Å². The molecule has 0 amide bonds. The molecule has 37 heavy (non-hydrogen) atoms. The van der Waals surface area contributed by atoms with Gasteiger partial charge >= 0.3 is 0 Å². The molecule has 2 fully saturated rings. The maximum absolute atomic E-state index is 13.4. The number of phenolic OH excluding ortho intramolecular Hbond substituents is 1. The maximum atomic E-state index is 13.4. The molecule has 6 rings (SSSR count). The number of aromatic nitrogens is 3. The molecule has 0 atom stereocenters. The normalized spacial score (nSPS) is 17.5. The summed E-state index contributed by atoms with van der Waals surface area (Å²) in [5, 5.41) is 10.5. The Hall–Kier alpha value is -3.20. The number of nitrogens with one attached hydrogen (secondary N) is 1. The number of aromatic hydroxyl groups is 1. The highest BCUT2D eigenvalue weighted by Gasteiger charge is 2.27. The number of likely N-dealkylation sites (tertiary alicyclic amines) is 1. The van der Waals surface area contributed by atoms with Gasteiger partial charge < -0.3 is 19.7 Å². The zero-order valence-corrected chi connectivity index (χ0v) is 21.2.